The molecule has 0 aliphatic heterocycles. The van der Waals surface area contributed by atoms with Gasteiger partial charge in [0, 0.05) is 25.5 Å². The molecule has 0 saturated heterocycles. The molecule has 2 rings (SSSR count). The molecule has 176 valence electrons. The monoisotopic (exact) mass is 687 g/mol. The van der Waals surface area contributed by atoms with Crippen LogP contribution in [0.4, 0.5) is 0 Å². The Morgan fingerprint density at radius 3 is 1.66 bits per heavy atom. The summed E-state index contributed by atoms with van der Waals surface area (Å²) in [4.78, 5) is 22.3. The van der Waals surface area contributed by atoms with Gasteiger partial charge in [0.1, 0.15) is 6.10 Å². The first-order valence-electron chi connectivity index (χ1n) is 10.1. The topological polar surface area (TPSA) is 83.8 Å². The molecule has 5 nitrogen and oxygen atoms in total. The average Bonchev–Trinajstić information content (AvgIpc) is 2.74. The minimum absolute atomic E-state index is 0.221. The van der Waals surface area contributed by atoms with Gasteiger partial charge in [0.25, 0.3) is 5.24 Å². The molecule has 0 aliphatic carbocycles. The molecule has 0 amide bonds. The maximum absolute atomic E-state index is 11.8. The molecule has 0 aromatic heterocycles. The van der Waals surface area contributed by atoms with Gasteiger partial charge >= 0.3 is 5.97 Å². The molecule has 0 heterocycles. The van der Waals surface area contributed by atoms with Gasteiger partial charge in [-0.2, -0.15) is 0 Å². The number of hydrogen-bond acceptors (Lipinski definition) is 5. The number of aliphatic hydroxyl groups excluding tert-OH is 2. The Morgan fingerprint density at radius 2 is 1.34 bits per heavy atom. The van der Waals surface area contributed by atoms with Gasteiger partial charge in [-0.3, -0.25) is 4.79 Å². The normalized spacial score (nSPS) is 12.8. The molecule has 32 heavy (non-hydrogen) atoms. The second-order valence-electron chi connectivity index (χ2n) is 6.87. The molecule has 0 radical (unpaired) electrons. The van der Waals surface area contributed by atoms with Crippen LogP contribution >= 0.6 is 56.8 Å². The zero-order chi connectivity index (χ0) is 24.7. The van der Waals surface area contributed by atoms with Crippen LogP contribution in [0.5, 0.6) is 0 Å². The second kappa shape index (κ2) is 17.6. The Labute approximate surface area is 223 Å². The first-order valence-corrected chi connectivity index (χ1v) is 12.6. The van der Waals surface area contributed by atoms with Gasteiger partial charge in [0.15, 0.2) is 6.10 Å². The number of aliphatic hydroxyl groups is 2. The number of ether oxygens (including phenoxy) is 1. The Kier molecular flexibility index (Phi) is 17.1. The molecular weight excluding hydrogens is 658 g/mol. The SMILES string of the molecule is CCC(CC(C)O)OC(=O)c1ccc(I)cc1.O=C(Cl)c1ccc(I)cc1.[CH2+]C(O)CC. The predicted molar refractivity (Wildman–Crippen MR) is 146 cm³/mol. The van der Waals surface area contributed by atoms with Crippen molar-refractivity contribution >= 4 is 68.0 Å². The van der Waals surface area contributed by atoms with Crippen LogP contribution in [0.15, 0.2) is 48.5 Å². The standard InChI is InChI=1S/C13H17IO3.C7H4ClIO.C4H9O/c1-3-12(8-9(2)15)17-13(16)10-4-6-11(14)7-5-10;8-7(10)5-1-3-6(9)4-2-5;1-3-4(2)5/h4-7,9,12,15H,3,8H2,1-2H3;1-4H;4-5H,2-3H2,1H3/q;;+1. The summed E-state index contributed by atoms with van der Waals surface area (Å²) in [6, 6.07) is 14.3. The maximum atomic E-state index is 11.8. The van der Waals surface area contributed by atoms with E-state index in [2.05, 4.69) is 52.1 Å². The Morgan fingerprint density at radius 1 is 0.938 bits per heavy atom. The third-order valence-electron chi connectivity index (χ3n) is 3.96. The Hall–Kier alpha value is -0.880. The predicted octanol–water partition coefficient (Wildman–Crippen LogP) is 6.26. The molecule has 0 fully saturated rings. The van der Waals surface area contributed by atoms with Crippen LogP contribution < -0.4 is 0 Å². The lowest BCUT2D eigenvalue weighted by Crippen LogP contribution is -2.22. The second-order valence-corrected chi connectivity index (χ2v) is 9.70. The van der Waals surface area contributed by atoms with Crippen molar-refractivity contribution in [2.45, 2.75) is 58.3 Å². The highest BCUT2D eigenvalue weighted by molar-refractivity contribution is 14.1. The highest BCUT2D eigenvalue weighted by atomic mass is 127. The fraction of sp³-hybridized carbons (Fsp3) is 0.375. The third kappa shape index (κ3) is 15.0. The van der Waals surface area contributed by atoms with Crippen LogP contribution in [0.3, 0.4) is 0 Å². The molecular formula is C24H30ClI2O5+. The fourth-order valence-corrected chi connectivity index (χ4v) is 2.91. The zero-order valence-electron chi connectivity index (χ0n) is 18.4. The minimum atomic E-state index is -0.454. The van der Waals surface area contributed by atoms with Crippen molar-refractivity contribution in [2.24, 2.45) is 0 Å². The van der Waals surface area contributed by atoms with E-state index in [0.717, 1.165) is 13.6 Å². The van der Waals surface area contributed by atoms with E-state index in [1.807, 2.05) is 38.1 Å². The number of rotatable bonds is 7. The van der Waals surface area contributed by atoms with Gasteiger partial charge in [-0.05, 0) is 119 Å². The summed E-state index contributed by atoms with van der Waals surface area (Å²) >= 11 is 9.56. The van der Waals surface area contributed by atoms with Crippen LogP contribution in [-0.2, 0) is 4.74 Å². The van der Waals surface area contributed by atoms with Crippen molar-refractivity contribution in [1.29, 1.82) is 0 Å². The minimum Gasteiger partial charge on any atom is -0.459 e. The van der Waals surface area contributed by atoms with Crippen molar-refractivity contribution in [3.63, 3.8) is 0 Å². The van der Waals surface area contributed by atoms with E-state index in [4.69, 9.17) is 21.4 Å². The van der Waals surface area contributed by atoms with E-state index >= 15 is 0 Å². The smallest absolute Gasteiger partial charge is 0.338 e. The number of carbonyl (C=O) groups excluding carboxylic acids is 2. The number of benzene rings is 2. The summed E-state index contributed by atoms with van der Waals surface area (Å²) in [6.45, 7) is 8.83. The van der Waals surface area contributed by atoms with Crippen LogP contribution in [0.1, 0.15) is 60.7 Å². The molecule has 0 saturated carbocycles. The average molecular weight is 688 g/mol. The first kappa shape index (κ1) is 31.1. The van der Waals surface area contributed by atoms with Crippen molar-refractivity contribution < 1.29 is 24.5 Å². The van der Waals surface area contributed by atoms with E-state index in [-0.39, 0.29) is 18.2 Å². The number of esters is 1. The molecule has 2 N–H and O–H groups in total. The van der Waals surface area contributed by atoms with Gasteiger partial charge in [0.05, 0.1) is 18.6 Å². The lowest BCUT2D eigenvalue weighted by atomic mass is 10.1. The molecule has 8 heteroatoms. The Bertz CT molecular complexity index is 793. The summed E-state index contributed by atoms with van der Waals surface area (Å²) in [5.41, 5.74) is 1.09. The van der Waals surface area contributed by atoms with Gasteiger partial charge < -0.3 is 14.9 Å². The molecule has 2 aromatic rings. The molecule has 0 spiro atoms. The van der Waals surface area contributed by atoms with Crippen molar-refractivity contribution in [3.05, 3.63) is 73.7 Å². The molecule has 3 atom stereocenters. The number of carbonyl (C=O) groups is 2. The van der Waals surface area contributed by atoms with E-state index in [1.165, 1.54) is 0 Å². The van der Waals surface area contributed by atoms with Gasteiger partial charge in [-0.1, -0.05) is 13.8 Å². The summed E-state index contributed by atoms with van der Waals surface area (Å²) < 4.78 is 7.51. The van der Waals surface area contributed by atoms with Crippen molar-refractivity contribution in [2.75, 3.05) is 0 Å². The van der Waals surface area contributed by atoms with Gasteiger partial charge in [-0.25, -0.2) is 4.79 Å². The van der Waals surface area contributed by atoms with Crippen LogP contribution in [-0.4, -0.2) is 39.7 Å². The highest BCUT2D eigenvalue weighted by Gasteiger charge is 2.16. The van der Waals surface area contributed by atoms with Gasteiger partial charge in [0.2, 0.25) is 0 Å². The van der Waals surface area contributed by atoms with Crippen LogP contribution in [0.2, 0.25) is 0 Å². The van der Waals surface area contributed by atoms with Crippen LogP contribution in [0, 0.1) is 14.1 Å². The fourth-order valence-electron chi connectivity index (χ4n) is 2.06. The molecule has 0 bridgehead atoms. The molecule has 3 unspecified atom stereocenters. The van der Waals surface area contributed by atoms with E-state index < -0.39 is 11.3 Å². The molecule has 2 aromatic carbocycles. The summed E-state index contributed by atoms with van der Waals surface area (Å²) in [5.74, 6) is -0.325. The van der Waals surface area contributed by atoms with Crippen molar-refractivity contribution in [3.8, 4) is 0 Å². The zero-order valence-corrected chi connectivity index (χ0v) is 23.5. The number of halogens is 3. The summed E-state index contributed by atoms with van der Waals surface area (Å²) in [6.07, 6.45) is 0.898. The maximum Gasteiger partial charge on any atom is 0.338 e. The lowest BCUT2D eigenvalue weighted by Gasteiger charge is -2.17. The first-order chi connectivity index (χ1) is 15.0. The summed E-state index contributed by atoms with van der Waals surface area (Å²) in [7, 11) is 0. The third-order valence-corrected chi connectivity index (χ3v) is 5.61. The number of hydrogen-bond donors (Lipinski definition) is 2. The van der Waals surface area contributed by atoms with Crippen molar-refractivity contribution in [1.82, 2.24) is 0 Å². The Balaban J connectivity index is 0.000000538. The quantitative estimate of drug-likeness (QED) is 0.156. The highest BCUT2D eigenvalue weighted by Crippen LogP contribution is 2.13. The van der Waals surface area contributed by atoms with E-state index in [1.54, 1.807) is 31.2 Å². The largest absolute Gasteiger partial charge is 0.459 e. The molecule has 0 aliphatic rings. The van der Waals surface area contributed by atoms with Gasteiger partial charge in [-0.15, -0.1) is 0 Å². The summed E-state index contributed by atoms with van der Waals surface area (Å²) in [5, 5.41) is 17.1. The lowest BCUT2D eigenvalue weighted by molar-refractivity contribution is 0.0159. The van der Waals surface area contributed by atoms with Crippen LogP contribution in [0.25, 0.3) is 0 Å². The van der Waals surface area contributed by atoms with E-state index in [9.17, 15) is 14.7 Å². The van der Waals surface area contributed by atoms with E-state index in [0.29, 0.717) is 24.0 Å².